The molecular weight excluding hydrogens is 267 g/mol. The Balaban J connectivity index is 2.74. The number of rotatable bonds is 6. The van der Waals surface area contributed by atoms with Gasteiger partial charge in [0.2, 0.25) is 0 Å². The third-order valence-corrected chi connectivity index (χ3v) is 4.41. The predicted octanol–water partition coefficient (Wildman–Crippen LogP) is 3.72. The quantitative estimate of drug-likeness (QED) is 0.551. The van der Waals surface area contributed by atoms with Crippen molar-refractivity contribution in [2.45, 2.75) is 65.6 Å². The van der Waals surface area contributed by atoms with Crippen LogP contribution in [0.15, 0.2) is 0 Å². The van der Waals surface area contributed by atoms with E-state index in [0.29, 0.717) is 0 Å². The first-order valence-corrected chi connectivity index (χ1v) is 7.97. The topological polar surface area (TPSA) is 61.8 Å². The molecule has 0 aromatic carbocycles. The number of hydrogen-bond acceptors (Lipinski definition) is 5. The van der Waals surface area contributed by atoms with Crippen molar-refractivity contribution in [1.82, 2.24) is 0 Å². The maximum atomic E-state index is 12.7. The summed E-state index contributed by atoms with van der Waals surface area (Å²) in [6, 6.07) is 0. The van der Waals surface area contributed by atoms with Gasteiger partial charge in [-0.25, -0.2) is 4.57 Å². The highest BCUT2D eigenvalue weighted by Crippen LogP contribution is 2.58. The van der Waals surface area contributed by atoms with E-state index in [1.54, 1.807) is 41.5 Å². The molecule has 1 saturated carbocycles. The summed E-state index contributed by atoms with van der Waals surface area (Å²) in [6.07, 6.45) is 2.40. The highest BCUT2D eigenvalue weighted by molar-refractivity contribution is 7.48. The van der Waals surface area contributed by atoms with Gasteiger partial charge in [-0.1, -0.05) is 0 Å². The van der Waals surface area contributed by atoms with Crippen LogP contribution in [0, 0.1) is 5.41 Å². The summed E-state index contributed by atoms with van der Waals surface area (Å²) in [6.45, 7) is 10.8. The molecule has 0 spiro atoms. The van der Waals surface area contributed by atoms with Crippen LogP contribution in [0.25, 0.3) is 0 Å². The molecule has 0 amide bonds. The van der Waals surface area contributed by atoms with Crippen molar-refractivity contribution < 1.29 is 22.9 Å². The van der Waals surface area contributed by atoms with Crippen molar-refractivity contribution in [2.24, 2.45) is 5.41 Å². The maximum absolute atomic E-state index is 12.7. The molecule has 0 bridgehead atoms. The molecular formula is C13H25O5P. The molecule has 0 N–H and O–H groups in total. The average molecular weight is 292 g/mol. The van der Waals surface area contributed by atoms with Gasteiger partial charge in [-0.3, -0.25) is 13.6 Å². The van der Waals surface area contributed by atoms with Gasteiger partial charge in [-0.15, -0.1) is 0 Å². The largest absolute Gasteiger partial charge is 0.475 e. The van der Waals surface area contributed by atoms with Gasteiger partial charge in [-0.05, 0) is 54.4 Å². The van der Waals surface area contributed by atoms with Crippen LogP contribution >= 0.6 is 7.82 Å². The minimum atomic E-state index is -3.69. The third kappa shape index (κ3) is 6.17. The number of hydrogen-bond donors (Lipinski definition) is 0. The summed E-state index contributed by atoms with van der Waals surface area (Å²) in [4.78, 5) is 10.9. The van der Waals surface area contributed by atoms with Gasteiger partial charge in [0.15, 0.2) is 0 Å². The van der Waals surface area contributed by atoms with Crippen LogP contribution in [0.4, 0.5) is 0 Å². The highest BCUT2D eigenvalue weighted by atomic mass is 31.2. The minimum Gasteiger partial charge on any atom is -0.303 e. The summed E-state index contributed by atoms with van der Waals surface area (Å²) >= 11 is 0. The zero-order valence-electron chi connectivity index (χ0n) is 12.7. The Kier molecular flexibility index (Phi) is 4.68. The summed E-state index contributed by atoms with van der Waals surface area (Å²) in [5.74, 6) is 0. The first-order chi connectivity index (χ1) is 8.39. The molecule has 6 heteroatoms. The normalized spacial score (nSPS) is 19.3. The van der Waals surface area contributed by atoms with Crippen molar-refractivity contribution in [3.8, 4) is 0 Å². The van der Waals surface area contributed by atoms with E-state index in [4.69, 9.17) is 13.6 Å². The lowest BCUT2D eigenvalue weighted by Gasteiger charge is -2.31. The fourth-order valence-electron chi connectivity index (χ4n) is 1.41. The lowest BCUT2D eigenvalue weighted by atomic mass is 10.2. The van der Waals surface area contributed by atoms with Crippen molar-refractivity contribution in [1.29, 1.82) is 0 Å². The summed E-state index contributed by atoms with van der Waals surface area (Å²) < 4.78 is 29.0. The second-order valence-electron chi connectivity index (χ2n) is 7.11. The molecule has 1 aliphatic rings. The van der Waals surface area contributed by atoms with E-state index >= 15 is 0 Å². The molecule has 0 aromatic heterocycles. The molecule has 0 saturated heterocycles. The van der Waals surface area contributed by atoms with Crippen LogP contribution in [0.3, 0.4) is 0 Å². The van der Waals surface area contributed by atoms with E-state index in [1.807, 2.05) is 0 Å². The van der Waals surface area contributed by atoms with Gasteiger partial charge in [0.1, 0.15) is 6.29 Å². The fourth-order valence-corrected chi connectivity index (χ4v) is 3.31. The van der Waals surface area contributed by atoms with Gasteiger partial charge in [0.05, 0.1) is 17.8 Å². The van der Waals surface area contributed by atoms with Gasteiger partial charge >= 0.3 is 7.82 Å². The molecule has 0 heterocycles. The number of aldehydes is 1. The van der Waals surface area contributed by atoms with Crippen molar-refractivity contribution in [3.63, 3.8) is 0 Å². The molecule has 0 atom stereocenters. The first kappa shape index (κ1) is 16.8. The molecule has 19 heavy (non-hydrogen) atoms. The van der Waals surface area contributed by atoms with Crippen molar-refractivity contribution in [3.05, 3.63) is 0 Å². The predicted molar refractivity (Wildman–Crippen MR) is 73.0 cm³/mol. The standard InChI is InChI=1S/C13H25O5P/c1-11(2,3)17-19(15,18-12(4,5)6)16-10-13(9-14)7-8-13/h9H,7-8,10H2,1-6H3. The Morgan fingerprint density at radius 2 is 1.47 bits per heavy atom. The zero-order valence-corrected chi connectivity index (χ0v) is 13.6. The number of phosphoric ester groups is 1. The Hall–Kier alpha value is -0.220. The van der Waals surface area contributed by atoms with E-state index in [9.17, 15) is 9.36 Å². The van der Waals surface area contributed by atoms with Crippen LogP contribution < -0.4 is 0 Å². The second-order valence-corrected chi connectivity index (χ2v) is 8.63. The number of carbonyl (C=O) groups is 1. The van der Waals surface area contributed by atoms with Crippen LogP contribution in [-0.4, -0.2) is 24.1 Å². The Bertz CT molecular complexity index is 353. The molecule has 0 unspecified atom stereocenters. The van der Waals surface area contributed by atoms with Gasteiger partial charge < -0.3 is 4.79 Å². The molecule has 112 valence electrons. The Morgan fingerprint density at radius 3 is 1.74 bits per heavy atom. The summed E-state index contributed by atoms with van der Waals surface area (Å²) in [5.41, 5.74) is -1.80. The van der Waals surface area contributed by atoms with Crippen molar-refractivity contribution >= 4 is 14.1 Å². The van der Waals surface area contributed by atoms with Crippen LogP contribution in [0.5, 0.6) is 0 Å². The van der Waals surface area contributed by atoms with E-state index < -0.39 is 24.4 Å². The number of phosphoric acid groups is 1. The monoisotopic (exact) mass is 292 g/mol. The molecule has 0 aromatic rings. The first-order valence-electron chi connectivity index (χ1n) is 6.51. The smallest absolute Gasteiger partial charge is 0.303 e. The number of carbonyl (C=O) groups excluding carboxylic acids is 1. The fraction of sp³-hybridized carbons (Fsp3) is 0.923. The zero-order chi connectivity index (χ0) is 14.9. The Morgan fingerprint density at radius 1 is 1.05 bits per heavy atom. The SMILES string of the molecule is CC(C)(C)OP(=O)(OCC1(C=O)CC1)OC(C)(C)C. The minimum absolute atomic E-state index is 0.0833. The van der Waals surface area contributed by atoms with E-state index in [-0.39, 0.29) is 6.61 Å². The second kappa shape index (κ2) is 5.28. The van der Waals surface area contributed by atoms with Gasteiger partial charge in [-0.2, -0.15) is 0 Å². The average Bonchev–Trinajstić information content (AvgIpc) is 2.89. The molecule has 1 rings (SSSR count). The van der Waals surface area contributed by atoms with Crippen LogP contribution in [0.2, 0.25) is 0 Å². The Labute approximate surface area is 115 Å². The van der Waals surface area contributed by atoms with E-state index in [1.165, 1.54) is 0 Å². The lowest BCUT2D eigenvalue weighted by molar-refractivity contribution is -0.113. The molecule has 0 radical (unpaired) electrons. The maximum Gasteiger partial charge on any atom is 0.475 e. The third-order valence-electron chi connectivity index (χ3n) is 2.42. The van der Waals surface area contributed by atoms with Gasteiger partial charge in [0, 0.05) is 5.41 Å². The van der Waals surface area contributed by atoms with Crippen LogP contribution in [-0.2, 0) is 22.9 Å². The molecule has 0 aliphatic heterocycles. The highest BCUT2D eigenvalue weighted by Gasteiger charge is 2.47. The van der Waals surface area contributed by atoms with Gasteiger partial charge in [0.25, 0.3) is 0 Å². The van der Waals surface area contributed by atoms with Crippen LogP contribution in [0.1, 0.15) is 54.4 Å². The molecule has 5 nitrogen and oxygen atoms in total. The summed E-state index contributed by atoms with van der Waals surface area (Å²) in [5, 5.41) is 0. The molecule has 1 aliphatic carbocycles. The van der Waals surface area contributed by atoms with E-state index in [2.05, 4.69) is 0 Å². The van der Waals surface area contributed by atoms with E-state index in [0.717, 1.165) is 19.1 Å². The summed E-state index contributed by atoms with van der Waals surface area (Å²) in [7, 11) is -3.69. The molecule has 1 fully saturated rings. The van der Waals surface area contributed by atoms with Crippen molar-refractivity contribution in [2.75, 3.05) is 6.61 Å². The lowest BCUT2D eigenvalue weighted by Crippen LogP contribution is -2.26.